The van der Waals surface area contributed by atoms with Gasteiger partial charge in [-0.15, -0.1) is 0 Å². The maximum atomic E-state index is 6.49. The van der Waals surface area contributed by atoms with E-state index in [1.807, 2.05) is 72.8 Å². The molecule has 53 heavy (non-hydrogen) atoms. The van der Waals surface area contributed by atoms with E-state index in [0.717, 1.165) is 77.5 Å². The summed E-state index contributed by atoms with van der Waals surface area (Å²) in [6.45, 7) is 0. The molecule has 3 aromatic heterocycles. The first-order valence-corrected chi connectivity index (χ1v) is 17.6. The summed E-state index contributed by atoms with van der Waals surface area (Å²) in [5.74, 6) is 1.88. The third-order valence-corrected chi connectivity index (χ3v) is 9.75. The van der Waals surface area contributed by atoms with Gasteiger partial charge < -0.3 is 4.42 Å². The second-order valence-electron chi connectivity index (χ2n) is 13.1. The topological polar surface area (TPSA) is 64.7 Å². The second-order valence-corrected chi connectivity index (χ2v) is 13.1. The molecular formula is C48H30N4O. The van der Waals surface area contributed by atoms with Crippen LogP contribution in [0.3, 0.4) is 0 Å². The summed E-state index contributed by atoms with van der Waals surface area (Å²) in [5, 5.41) is 3.09. The number of para-hydroxylation sites is 1. The minimum absolute atomic E-state index is 0.618. The lowest BCUT2D eigenvalue weighted by Crippen LogP contribution is -2.00. The molecule has 5 heteroatoms. The number of furan rings is 1. The van der Waals surface area contributed by atoms with Gasteiger partial charge in [-0.05, 0) is 40.5 Å². The maximum absolute atomic E-state index is 6.49. The first-order valence-electron chi connectivity index (χ1n) is 17.6. The fraction of sp³-hybridized carbons (Fsp3) is 0. The van der Waals surface area contributed by atoms with Crippen LogP contribution in [0.1, 0.15) is 0 Å². The fourth-order valence-electron chi connectivity index (χ4n) is 7.05. The zero-order chi connectivity index (χ0) is 35.1. The van der Waals surface area contributed by atoms with E-state index < -0.39 is 0 Å². The normalized spacial score (nSPS) is 11.4. The van der Waals surface area contributed by atoms with Gasteiger partial charge in [-0.2, -0.15) is 0 Å². The van der Waals surface area contributed by atoms with Crippen molar-refractivity contribution < 1.29 is 4.42 Å². The molecule has 7 aromatic carbocycles. The molecule has 0 aliphatic carbocycles. The molecule has 3 heterocycles. The summed E-state index contributed by atoms with van der Waals surface area (Å²) in [4.78, 5) is 20.1. The van der Waals surface area contributed by atoms with Gasteiger partial charge >= 0.3 is 0 Å². The minimum Gasteiger partial charge on any atom is -0.455 e. The van der Waals surface area contributed by atoms with Gasteiger partial charge in [0.25, 0.3) is 0 Å². The molecule has 0 aliphatic rings. The fourth-order valence-corrected chi connectivity index (χ4v) is 7.05. The van der Waals surface area contributed by atoms with Gasteiger partial charge in [-0.3, -0.25) is 0 Å². The largest absolute Gasteiger partial charge is 0.455 e. The lowest BCUT2D eigenvalue weighted by molar-refractivity contribution is 0.672. The number of fused-ring (bicyclic) bond motifs is 5. The molecular weight excluding hydrogens is 649 g/mol. The van der Waals surface area contributed by atoms with Crippen molar-refractivity contribution in [3.05, 3.63) is 182 Å². The highest BCUT2D eigenvalue weighted by Gasteiger charge is 2.18. The lowest BCUT2D eigenvalue weighted by Gasteiger charge is -2.10. The number of benzene rings is 7. The highest BCUT2D eigenvalue weighted by atomic mass is 16.3. The molecule has 0 aliphatic heterocycles. The van der Waals surface area contributed by atoms with Crippen LogP contribution in [0.15, 0.2) is 186 Å². The van der Waals surface area contributed by atoms with Crippen LogP contribution >= 0.6 is 0 Å². The molecule has 0 atom stereocenters. The van der Waals surface area contributed by atoms with Crippen LogP contribution in [0, 0.1) is 0 Å². The van der Waals surface area contributed by atoms with Crippen LogP contribution in [0.5, 0.6) is 0 Å². The minimum atomic E-state index is 0.618. The molecule has 0 amide bonds. The highest BCUT2D eigenvalue weighted by molar-refractivity contribution is 6.19. The summed E-state index contributed by atoms with van der Waals surface area (Å²) < 4.78 is 6.49. The van der Waals surface area contributed by atoms with Crippen LogP contribution in [0.4, 0.5) is 0 Å². The molecule has 0 saturated heterocycles. The number of rotatable bonds is 6. The molecule has 0 unspecified atom stereocenters. The van der Waals surface area contributed by atoms with E-state index in [2.05, 4.69) is 109 Å². The third kappa shape index (κ3) is 5.61. The van der Waals surface area contributed by atoms with Gasteiger partial charge in [-0.1, -0.05) is 164 Å². The maximum Gasteiger partial charge on any atom is 0.164 e. The standard InChI is InChI=1S/C48H30N4O/c1-4-12-31(13-5-1)32-20-24-36(25-21-32)47-50-46(35-16-8-3-9-17-35)51-48(52-47)37-26-22-33(23-27-37)38-28-29-39-41(30-38)49-44(34-14-6-2-7-15-34)43-40-18-10-11-19-42(40)53-45(39)43/h1-30H. The van der Waals surface area contributed by atoms with E-state index in [9.17, 15) is 0 Å². The highest BCUT2D eigenvalue weighted by Crippen LogP contribution is 2.40. The molecule has 0 radical (unpaired) electrons. The van der Waals surface area contributed by atoms with Crippen molar-refractivity contribution in [2.24, 2.45) is 0 Å². The monoisotopic (exact) mass is 678 g/mol. The Kier molecular flexibility index (Phi) is 7.40. The zero-order valence-corrected chi connectivity index (χ0v) is 28.5. The third-order valence-electron chi connectivity index (χ3n) is 9.75. The van der Waals surface area contributed by atoms with Gasteiger partial charge in [0, 0.05) is 33.0 Å². The molecule has 5 nitrogen and oxygen atoms in total. The Morgan fingerprint density at radius 3 is 1.36 bits per heavy atom. The summed E-state index contributed by atoms with van der Waals surface area (Å²) in [6, 6.07) is 62.1. The van der Waals surface area contributed by atoms with Gasteiger partial charge in [0.2, 0.25) is 0 Å². The average Bonchev–Trinajstić information content (AvgIpc) is 3.64. The Balaban J connectivity index is 1.04. The molecule has 0 N–H and O–H groups in total. The summed E-state index contributed by atoms with van der Waals surface area (Å²) in [5.41, 5.74) is 11.8. The van der Waals surface area contributed by atoms with Gasteiger partial charge in [0.15, 0.2) is 17.5 Å². The van der Waals surface area contributed by atoms with E-state index in [1.165, 1.54) is 5.56 Å². The summed E-state index contributed by atoms with van der Waals surface area (Å²) >= 11 is 0. The van der Waals surface area contributed by atoms with Crippen LogP contribution < -0.4 is 0 Å². The quantitative estimate of drug-likeness (QED) is 0.175. The van der Waals surface area contributed by atoms with Crippen molar-refractivity contribution in [2.75, 3.05) is 0 Å². The Morgan fingerprint density at radius 1 is 0.321 bits per heavy atom. The zero-order valence-electron chi connectivity index (χ0n) is 28.5. The number of aromatic nitrogens is 4. The van der Waals surface area contributed by atoms with E-state index in [0.29, 0.717) is 17.5 Å². The summed E-state index contributed by atoms with van der Waals surface area (Å²) in [7, 11) is 0. The van der Waals surface area contributed by atoms with Crippen LogP contribution in [-0.2, 0) is 0 Å². The van der Waals surface area contributed by atoms with Crippen molar-refractivity contribution in [1.82, 2.24) is 19.9 Å². The van der Waals surface area contributed by atoms with Gasteiger partial charge in [0.1, 0.15) is 11.2 Å². The number of pyridine rings is 1. The van der Waals surface area contributed by atoms with Crippen molar-refractivity contribution in [1.29, 1.82) is 0 Å². The van der Waals surface area contributed by atoms with Crippen molar-refractivity contribution >= 4 is 32.8 Å². The van der Waals surface area contributed by atoms with Crippen LogP contribution in [0.2, 0.25) is 0 Å². The molecule has 0 bridgehead atoms. The van der Waals surface area contributed by atoms with Crippen molar-refractivity contribution in [2.45, 2.75) is 0 Å². The van der Waals surface area contributed by atoms with E-state index in [4.69, 9.17) is 24.4 Å². The molecule has 10 aromatic rings. The molecule has 10 rings (SSSR count). The number of nitrogens with zero attached hydrogens (tertiary/aromatic N) is 4. The predicted molar refractivity (Wildman–Crippen MR) is 215 cm³/mol. The second kappa shape index (κ2) is 12.8. The van der Waals surface area contributed by atoms with E-state index >= 15 is 0 Å². The first kappa shape index (κ1) is 30.6. The molecule has 0 spiro atoms. The van der Waals surface area contributed by atoms with Gasteiger partial charge in [0.05, 0.1) is 16.6 Å². The van der Waals surface area contributed by atoms with Gasteiger partial charge in [-0.25, -0.2) is 19.9 Å². The van der Waals surface area contributed by atoms with Crippen LogP contribution in [-0.4, -0.2) is 19.9 Å². The Morgan fingerprint density at radius 2 is 0.755 bits per heavy atom. The summed E-state index contributed by atoms with van der Waals surface area (Å²) in [6.07, 6.45) is 0. The number of hydrogen-bond donors (Lipinski definition) is 0. The van der Waals surface area contributed by atoms with Crippen LogP contribution in [0.25, 0.3) is 101 Å². The van der Waals surface area contributed by atoms with E-state index in [1.54, 1.807) is 0 Å². The Bertz CT molecular complexity index is 2900. The Labute approximate surface area is 305 Å². The average molecular weight is 679 g/mol. The first-order chi connectivity index (χ1) is 26.2. The SMILES string of the molecule is c1ccc(-c2ccc(-c3nc(-c4ccccc4)nc(-c4ccc(-c5ccc6c(c5)nc(-c5ccccc5)c5c7ccccc7oc65)cc4)n3)cc2)cc1. The predicted octanol–water partition coefficient (Wildman–Crippen LogP) is 12.3. The molecule has 248 valence electrons. The van der Waals surface area contributed by atoms with Crippen molar-refractivity contribution in [3.8, 4) is 67.7 Å². The lowest BCUT2D eigenvalue weighted by atomic mass is 9.99. The number of hydrogen-bond acceptors (Lipinski definition) is 5. The molecule has 0 fully saturated rings. The Hall–Kier alpha value is -7.24. The van der Waals surface area contributed by atoms with Crippen molar-refractivity contribution in [3.63, 3.8) is 0 Å². The van der Waals surface area contributed by atoms with E-state index in [-0.39, 0.29) is 0 Å². The smallest absolute Gasteiger partial charge is 0.164 e. The molecule has 0 saturated carbocycles.